The van der Waals surface area contributed by atoms with Crippen LogP contribution in [-0.4, -0.2) is 27.8 Å². The summed E-state index contributed by atoms with van der Waals surface area (Å²) >= 11 is 0. The van der Waals surface area contributed by atoms with Gasteiger partial charge < -0.3 is 9.30 Å². The van der Waals surface area contributed by atoms with E-state index in [1.54, 1.807) is 24.3 Å². The summed E-state index contributed by atoms with van der Waals surface area (Å²) in [6.45, 7) is 1.31. The highest BCUT2D eigenvalue weighted by Crippen LogP contribution is 2.31. The smallest absolute Gasteiger partial charge is 0.356 e. The van der Waals surface area contributed by atoms with Crippen LogP contribution >= 0.6 is 0 Å². The summed E-state index contributed by atoms with van der Waals surface area (Å²) in [6.07, 6.45) is 0. The lowest BCUT2D eigenvalue weighted by Gasteiger charge is -2.17. The van der Waals surface area contributed by atoms with Crippen LogP contribution in [0.5, 0.6) is 0 Å². The van der Waals surface area contributed by atoms with Crippen molar-refractivity contribution in [3.8, 4) is 11.1 Å². The highest BCUT2D eigenvalue weighted by molar-refractivity contribution is 6.07. The number of fused-ring (bicyclic) bond motifs is 1. The molecule has 34 heavy (non-hydrogen) atoms. The molecule has 1 aromatic heterocycles. The van der Waals surface area contributed by atoms with Gasteiger partial charge in [0.25, 0.3) is 11.2 Å². The van der Waals surface area contributed by atoms with Crippen molar-refractivity contribution in [3.05, 3.63) is 110 Å². The lowest BCUT2D eigenvalue weighted by atomic mass is 9.96. The van der Waals surface area contributed by atoms with Crippen LogP contribution in [-0.2, 0) is 11.8 Å². The Labute approximate surface area is 194 Å². The fourth-order valence-electron chi connectivity index (χ4n) is 3.79. The summed E-state index contributed by atoms with van der Waals surface area (Å²) in [7, 11) is 1.48. The third kappa shape index (κ3) is 4.21. The van der Waals surface area contributed by atoms with Gasteiger partial charge in [0, 0.05) is 35.7 Å². The monoisotopic (exact) mass is 456 g/mol. The van der Waals surface area contributed by atoms with Crippen LogP contribution in [0, 0.1) is 17.0 Å². The van der Waals surface area contributed by atoms with Crippen molar-refractivity contribution in [3.63, 3.8) is 0 Å². The minimum Gasteiger partial charge on any atom is -0.453 e. The number of ether oxygens (including phenoxy) is 1. The van der Waals surface area contributed by atoms with E-state index in [2.05, 4.69) is 0 Å². The van der Waals surface area contributed by atoms with Gasteiger partial charge in [0.2, 0.25) is 5.78 Å². The molecule has 0 aliphatic heterocycles. The normalized spacial score (nSPS) is 10.8. The molecule has 4 aromatic rings. The number of benzene rings is 3. The number of carbonyl (C=O) groups is 2. The third-order valence-corrected chi connectivity index (χ3v) is 5.55. The second kappa shape index (κ2) is 9.11. The second-order valence-electron chi connectivity index (χ2n) is 7.81. The molecular formula is C26H20N2O6. The number of pyridine rings is 1. The molecule has 0 atom stereocenters. The zero-order valence-electron chi connectivity index (χ0n) is 18.5. The molecule has 0 aliphatic carbocycles. The quantitative estimate of drug-likeness (QED) is 0.183. The zero-order valence-corrected chi connectivity index (χ0v) is 18.5. The molecule has 1 heterocycles. The average molecular weight is 456 g/mol. The van der Waals surface area contributed by atoms with E-state index in [4.69, 9.17) is 4.74 Å². The SMILES string of the molecule is Cc1ccc(-c2c(C(=O)OCC(=O)c3cccc([N+](=O)[O-])c3)n(C)c(=O)c3ccccc23)cc1. The maximum Gasteiger partial charge on any atom is 0.356 e. The van der Waals surface area contributed by atoms with E-state index in [1.165, 1.54) is 29.8 Å². The Bertz CT molecular complexity index is 1500. The lowest BCUT2D eigenvalue weighted by Crippen LogP contribution is -2.27. The van der Waals surface area contributed by atoms with Crippen LogP contribution < -0.4 is 5.56 Å². The fraction of sp³-hybridized carbons (Fsp3) is 0.115. The van der Waals surface area contributed by atoms with Gasteiger partial charge in [-0.15, -0.1) is 0 Å². The number of ketones is 1. The predicted octanol–water partition coefficient (Wildman–Crippen LogP) is 4.46. The first-order chi connectivity index (χ1) is 16.3. The number of Topliss-reactive ketones (excluding diaryl/α,β-unsaturated/α-hetero) is 1. The predicted molar refractivity (Wildman–Crippen MR) is 127 cm³/mol. The number of hydrogen-bond donors (Lipinski definition) is 0. The van der Waals surface area contributed by atoms with E-state index in [9.17, 15) is 24.5 Å². The molecular weight excluding hydrogens is 436 g/mol. The van der Waals surface area contributed by atoms with Crippen LogP contribution in [0.4, 0.5) is 5.69 Å². The van der Waals surface area contributed by atoms with Gasteiger partial charge in [0.15, 0.2) is 6.61 Å². The molecule has 8 heteroatoms. The molecule has 0 spiro atoms. The first kappa shape index (κ1) is 22.6. The summed E-state index contributed by atoms with van der Waals surface area (Å²) in [5.74, 6) is -1.44. The minimum absolute atomic E-state index is 0.0133. The lowest BCUT2D eigenvalue weighted by molar-refractivity contribution is -0.384. The Morgan fingerprint density at radius 3 is 2.32 bits per heavy atom. The molecule has 0 amide bonds. The average Bonchev–Trinajstić information content (AvgIpc) is 2.85. The summed E-state index contributed by atoms with van der Waals surface area (Å²) in [5.41, 5.74) is 1.72. The number of aryl methyl sites for hydroxylation is 1. The molecule has 0 saturated heterocycles. The maximum atomic E-state index is 13.2. The number of esters is 1. The van der Waals surface area contributed by atoms with Crippen molar-refractivity contribution in [1.29, 1.82) is 0 Å². The molecule has 0 saturated carbocycles. The number of hydrogen-bond acceptors (Lipinski definition) is 6. The Morgan fingerprint density at radius 2 is 1.65 bits per heavy atom. The van der Waals surface area contributed by atoms with E-state index in [0.29, 0.717) is 16.3 Å². The van der Waals surface area contributed by atoms with Gasteiger partial charge in [-0.1, -0.05) is 60.2 Å². The van der Waals surface area contributed by atoms with E-state index < -0.39 is 23.3 Å². The van der Waals surface area contributed by atoms with Crippen LogP contribution in [0.3, 0.4) is 0 Å². The molecule has 4 rings (SSSR count). The number of nitrogens with zero attached hydrogens (tertiary/aromatic N) is 2. The Balaban J connectivity index is 1.75. The highest BCUT2D eigenvalue weighted by Gasteiger charge is 2.24. The number of non-ortho nitro benzene ring substituents is 1. The molecule has 0 aliphatic rings. The summed E-state index contributed by atoms with van der Waals surface area (Å²) in [5, 5.41) is 12.0. The Kier molecular flexibility index (Phi) is 6.05. The van der Waals surface area contributed by atoms with Crippen molar-refractivity contribution in [2.24, 2.45) is 7.05 Å². The van der Waals surface area contributed by atoms with E-state index >= 15 is 0 Å². The van der Waals surface area contributed by atoms with Gasteiger partial charge in [0.1, 0.15) is 5.69 Å². The van der Waals surface area contributed by atoms with Crippen LogP contribution in [0.25, 0.3) is 21.9 Å². The number of aromatic nitrogens is 1. The van der Waals surface area contributed by atoms with Gasteiger partial charge in [-0.2, -0.15) is 0 Å². The summed E-state index contributed by atoms with van der Waals surface area (Å²) in [6, 6.07) is 19.7. The van der Waals surface area contributed by atoms with Crippen molar-refractivity contribution in [2.75, 3.05) is 6.61 Å². The minimum atomic E-state index is -0.847. The largest absolute Gasteiger partial charge is 0.453 e. The first-order valence-corrected chi connectivity index (χ1v) is 10.4. The first-order valence-electron chi connectivity index (χ1n) is 10.4. The molecule has 8 nitrogen and oxygen atoms in total. The number of nitro groups is 1. The van der Waals surface area contributed by atoms with Gasteiger partial charge in [-0.3, -0.25) is 19.7 Å². The summed E-state index contributed by atoms with van der Waals surface area (Å²) in [4.78, 5) is 49.1. The molecule has 170 valence electrons. The van der Waals surface area contributed by atoms with E-state index in [1.807, 2.05) is 31.2 Å². The van der Waals surface area contributed by atoms with Gasteiger partial charge in [0.05, 0.1) is 4.92 Å². The molecule has 3 aromatic carbocycles. The maximum absolute atomic E-state index is 13.2. The number of nitro benzene ring substituents is 1. The molecule has 0 fully saturated rings. The van der Waals surface area contributed by atoms with Gasteiger partial charge in [-0.05, 0) is 23.9 Å². The van der Waals surface area contributed by atoms with E-state index in [0.717, 1.165) is 17.2 Å². The standard InChI is InChI=1S/C26H20N2O6/c1-16-10-12-17(13-11-16)23-20-8-3-4-9-21(20)25(30)27(2)24(23)26(31)34-15-22(29)18-6-5-7-19(14-18)28(32)33/h3-14H,15H2,1-2H3. The van der Waals surface area contributed by atoms with Gasteiger partial charge in [-0.25, -0.2) is 4.79 Å². The van der Waals surface area contributed by atoms with Crippen LogP contribution in [0.2, 0.25) is 0 Å². The van der Waals surface area contributed by atoms with Crippen LogP contribution in [0.15, 0.2) is 77.6 Å². The second-order valence-corrected chi connectivity index (χ2v) is 7.81. The topological polar surface area (TPSA) is 109 Å². The highest BCUT2D eigenvalue weighted by atomic mass is 16.6. The summed E-state index contributed by atoms with van der Waals surface area (Å²) < 4.78 is 6.52. The van der Waals surface area contributed by atoms with Crippen molar-refractivity contribution in [1.82, 2.24) is 4.57 Å². The third-order valence-electron chi connectivity index (χ3n) is 5.55. The fourth-order valence-corrected chi connectivity index (χ4v) is 3.79. The number of carbonyl (C=O) groups excluding carboxylic acids is 2. The number of rotatable bonds is 6. The molecule has 0 bridgehead atoms. The van der Waals surface area contributed by atoms with Gasteiger partial charge >= 0.3 is 5.97 Å². The molecule has 0 N–H and O–H groups in total. The zero-order chi connectivity index (χ0) is 24.4. The molecule has 0 unspecified atom stereocenters. The molecule has 0 radical (unpaired) electrons. The van der Waals surface area contributed by atoms with Crippen molar-refractivity contribution in [2.45, 2.75) is 6.92 Å². The van der Waals surface area contributed by atoms with Crippen molar-refractivity contribution < 1.29 is 19.2 Å². The van der Waals surface area contributed by atoms with Crippen LogP contribution in [0.1, 0.15) is 26.4 Å². The van der Waals surface area contributed by atoms with E-state index in [-0.39, 0.29) is 22.5 Å². The van der Waals surface area contributed by atoms with Crippen molar-refractivity contribution >= 4 is 28.2 Å². The Hall–Kier alpha value is -4.59. The Morgan fingerprint density at radius 1 is 0.971 bits per heavy atom.